The zero-order valence-electron chi connectivity index (χ0n) is 24.8. The molecule has 2 heteroatoms. The van der Waals surface area contributed by atoms with Crippen molar-refractivity contribution in [3.8, 4) is 33.6 Å². The number of hydrogen-bond acceptors (Lipinski definition) is 2. The van der Waals surface area contributed by atoms with Crippen LogP contribution in [0.4, 0.5) is 0 Å². The monoisotopic (exact) mass is 602 g/mol. The number of hydrogen-bond donors (Lipinski definition) is 0. The van der Waals surface area contributed by atoms with Crippen LogP contribution in [0.5, 0.6) is 0 Å². The lowest BCUT2D eigenvalue weighted by Crippen LogP contribution is -1.90. The van der Waals surface area contributed by atoms with Crippen LogP contribution in [0.3, 0.4) is 0 Å². The minimum absolute atomic E-state index is 0.908. The molecular weight excluding hydrogens is 577 g/mol. The van der Waals surface area contributed by atoms with Gasteiger partial charge in [-0.3, -0.25) is 0 Å². The number of fused-ring (bicyclic) bond motifs is 7. The average Bonchev–Trinajstić information content (AvgIpc) is 3.69. The Kier molecular flexibility index (Phi) is 5.51. The first-order valence-electron chi connectivity index (χ1n) is 15.7. The topological polar surface area (TPSA) is 13.1 Å². The Morgan fingerprint density at radius 2 is 0.935 bits per heavy atom. The van der Waals surface area contributed by atoms with Crippen LogP contribution >= 0.6 is 11.3 Å². The minimum Gasteiger partial charge on any atom is -0.456 e. The third-order valence-electron chi connectivity index (χ3n) is 9.43. The highest BCUT2D eigenvalue weighted by Gasteiger charge is 2.18. The fourth-order valence-corrected chi connectivity index (χ4v) is 8.48. The maximum absolute atomic E-state index is 6.35. The molecule has 0 amide bonds. The van der Waals surface area contributed by atoms with E-state index < -0.39 is 0 Å². The highest BCUT2D eigenvalue weighted by Crippen LogP contribution is 2.46. The SMILES string of the molecule is c1ccc(-c2cc3cc4sc5cc(-c6c7ccccc7c(-c7ccc8ccccc8c7)c7ccccc67)ccc5c4cc3o2)cc1. The molecule has 0 unspecified atom stereocenters. The second-order valence-corrected chi connectivity index (χ2v) is 13.2. The van der Waals surface area contributed by atoms with Crippen molar-refractivity contribution in [2.75, 3.05) is 0 Å². The molecular formula is C44H26OS. The summed E-state index contributed by atoms with van der Waals surface area (Å²) >= 11 is 1.86. The van der Waals surface area contributed by atoms with Gasteiger partial charge in [-0.05, 0) is 84.9 Å². The van der Waals surface area contributed by atoms with Crippen molar-refractivity contribution in [3.05, 3.63) is 158 Å². The molecule has 0 saturated carbocycles. The van der Waals surface area contributed by atoms with Crippen LogP contribution in [-0.4, -0.2) is 0 Å². The van der Waals surface area contributed by atoms with Gasteiger partial charge in [-0.1, -0.05) is 127 Å². The fraction of sp³-hybridized carbons (Fsp3) is 0. The van der Waals surface area contributed by atoms with E-state index >= 15 is 0 Å². The van der Waals surface area contributed by atoms with E-state index in [0.717, 1.165) is 22.3 Å². The Morgan fingerprint density at radius 3 is 1.65 bits per heavy atom. The lowest BCUT2D eigenvalue weighted by atomic mass is 9.85. The molecule has 0 fully saturated rings. The maximum Gasteiger partial charge on any atom is 0.135 e. The summed E-state index contributed by atoms with van der Waals surface area (Å²) in [6.45, 7) is 0. The van der Waals surface area contributed by atoms with E-state index in [9.17, 15) is 0 Å². The quantitative estimate of drug-likeness (QED) is 0.183. The van der Waals surface area contributed by atoms with Crippen molar-refractivity contribution < 1.29 is 4.42 Å². The largest absolute Gasteiger partial charge is 0.456 e. The summed E-state index contributed by atoms with van der Waals surface area (Å²) in [6, 6.07) is 57.3. The Labute approximate surface area is 269 Å². The van der Waals surface area contributed by atoms with Crippen LogP contribution in [0.25, 0.3) is 97.0 Å². The van der Waals surface area contributed by atoms with E-state index in [1.165, 1.54) is 74.7 Å². The van der Waals surface area contributed by atoms with Crippen LogP contribution in [0.2, 0.25) is 0 Å². The van der Waals surface area contributed by atoms with Crippen LogP contribution in [0, 0.1) is 0 Å². The Bertz CT molecular complexity index is 2740. The highest BCUT2D eigenvalue weighted by molar-refractivity contribution is 7.25. The van der Waals surface area contributed by atoms with Crippen molar-refractivity contribution >= 4 is 74.8 Å². The molecule has 0 atom stereocenters. The lowest BCUT2D eigenvalue weighted by Gasteiger charge is -2.18. The molecule has 10 aromatic rings. The van der Waals surface area contributed by atoms with E-state index in [-0.39, 0.29) is 0 Å². The minimum atomic E-state index is 0.908. The van der Waals surface area contributed by atoms with E-state index in [0.29, 0.717) is 0 Å². The molecule has 0 aliphatic carbocycles. The number of rotatable bonds is 3. The molecule has 0 aliphatic rings. The van der Waals surface area contributed by atoms with E-state index in [2.05, 4.69) is 152 Å². The van der Waals surface area contributed by atoms with Crippen LogP contribution in [0.15, 0.2) is 162 Å². The first-order valence-corrected chi connectivity index (χ1v) is 16.5. The molecule has 214 valence electrons. The Morgan fingerprint density at radius 1 is 0.348 bits per heavy atom. The van der Waals surface area contributed by atoms with Gasteiger partial charge in [0.1, 0.15) is 11.3 Å². The van der Waals surface area contributed by atoms with Crippen molar-refractivity contribution in [1.82, 2.24) is 0 Å². The molecule has 2 aromatic heterocycles. The smallest absolute Gasteiger partial charge is 0.135 e. The maximum atomic E-state index is 6.35. The second-order valence-electron chi connectivity index (χ2n) is 12.1. The molecule has 0 radical (unpaired) electrons. The highest BCUT2D eigenvalue weighted by atomic mass is 32.1. The summed E-state index contributed by atoms with van der Waals surface area (Å²) in [5, 5.41) is 11.3. The predicted molar refractivity (Wildman–Crippen MR) is 198 cm³/mol. The van der Waals surface area contributed by atoms with Gasteiger partial charge in [-0.25, -0.2) is 0 Å². The van der Waals surface area contributed by atoms with Gasteiger partial charge in [0.2, 0.25) is 0 Å². The molecule has 8 aromatic carbocycles. The molecule has 0 saturated heterocycles. The standard InChI is InChI=1S/C44H26OS/c1-2-11-28(12-3-1)39-23-32-25-42-38(26-40(32)45-39)33-21-20-31(24-41(33)46-42)44-36-16-8-6-14-34(36)43(35-15-7-9-17-37(35)44)30-19-18-27-10-4-5-13-29(27)22-30/h1-26H. The van der Waals surface area contributed by atoms with Gasteiger partial charge in [0.25, 0.3) is 0 Å². The molecule has 10 rings (SSSR count). The van der Waals surface area contributed by atoms with E-state index in [1.54, 1.807) is 0 Å². The molecule has 0 spiro atoms. The third-order valence-corrected chi connectivity index (χ3v) is 10.5. The normalized spacial score (nSPS) is 11.9. The number of thiophene rings is 1. The van der Waals surface area contributed by atoms with Gasteiger partial charge >= 0.3 is 0 Å². The zero-order valence-corrected chi connectivity index (χ0v) is 25.6. The van der Waals surface area contributed by atoms with Crippen LogP contribution < -0.4 is 0 Å². The summed E-state index contributed by atoms with van der Waals surface area (Å²) in [6.07, 6.45) is 0. The first-order chi connectivity index (χ1) is 22.8. The lowest BCUT2D eigenvalue weighted by molar-refractivity contribution is 0.632. The van der Waals surface area contributed by atoms with Gasteiger partial charge in [0.15, 0.2) is 0 Å². The zero-order chi connectivity index (χ0) is 30.2. The molecule has 0 N–H and O–H groups in total. The predicted octanol–water partition coefficient (Wildman–Crippen LogP) is 13.3. The third kappa shape index (κ3) is 3.87. The first kappa shape index (κ1) is 25.6. The van der Waals surface area contributed by atoms with Crippen molar-refractivity contribution in [3.63, 3.8) is 0 Å². The van der Waals surface area contributed by atoms with Gasteiger partial charge < -0.3 is 4.42 Å². The number of furan rings is 1. The van der Waals surface area contributed by atoms with Crippen LogP contribution in [0.1, 0.15) is 0 Å². The van der Waals surface area contributed by atoms with Crippen LogP contribution in [-0.2, 0) is 0 Å². The Balaban J connectivity index is 1.18. The Hall–Kier alpha value is -5.70. The molecule has 1 nitrogen and oxygen atoms in total. The summed E-state index contributed by atoms with van der Waals surface area (Å²) in [5.41, 5.74) is 7.10. The summed E-state index contributed by atoms with van der Waals surface area (Å²) in [5.74, 6) is 0.908. The van der Waals surface area contributed by atoms with Crippen molar-refractivity contribution in [2.24, 2.45) is 0 Å². The second kappa shape index (κ2) is 9.90. The van der Waals surface area contributed by atoms with Gasteiger partial charge in [0, 0.05) is 31.1 Å². The summed E-state index contributed by atoms with van der Waals surface area (Å²) < 4.78 is 8.91. The summed E-state index contributed by atoms with van der Waals surface area (Å²) in [7, 11) is 0. The van der Waals surface area contributed by atoms with Gasteiger partial charge in [-0.15, -0.1) is 11.3 Å². The molecule has 0 bridgehead atoms. The average molecular weight is 603 g/mol. The van der Waals surface area contributed by atoms with E-state index in [1.807, 2.05) is 17.4 Å². The number of benzene rings is 8. The molecule has 0 aliphatic heterocycles. The molecule has 2 heterocycles. The van der Waals surface area contributed by atoms with Crippen molar-refractivity contribution in [2.45, 2.75) is 0 Å². The molecule has 46 heavy (non-hydrogen) atoms. The summed E-state index contributed by atoms with van der Waals surface area (Å²) in [4.78, 5) is 0. The fourth-order valence-electron chi connectivity index (χ4n) is 7.30. The van der Waals surface area contributed by atoms with E-state index in [4.69, 9.17) is 4.42 Å². The van der Waals surface area contributed by atoms with Gasteiger partial charge in [-0.2, -0.15) is 0 Å². The van der Waals surface area contributed by atoms with Gasteiger partial charge in [0.05, 0.1) is 0 Å². The van der Waals surface area contributed by atoms with Crippen molar-refractivity contribution in [1.29, 1.82) is 0 Å².